The summed E-state index contributed by atoms with van der Waals surface area (Å²) in [5.41, 5.74) is 2.72. The third kappa shape index (κ3) is 3.71. The predicted molar refractivity (Wildman–Crippen MR) is 79.8 cm³/mol. The van der Waals surface area contributed by atoms with Crippen molar-refractivity contribution in [1.82, 2.24) is 5.32 Å². The summed E-state index contributed by atoms with van der Waals surface area (Å²) < 4.78 is 0. The summed E-state index contributed by atoms with van der Waals surface area (Å²) in [6.45, 7) is 7.97. The first kappa shape index (κ1) is 13.4. The lowest BCUT2D eigenvalue weighted by molar-refractivity contribution is 0.357. The van der Waals surface area contributed by atoms with Crippen LogP contribution in [0.15, 0.2) is 30.3 Å². The van der Waals surface area contributed by atoms with Gasteiger partial charge in [-0.25, -0.2) is 0 Å². The van der Waals surface area contributed by atoms with Crippen LogP contribution in [0, 0.1) is 5.92 Å². The van der Waals surface area contributed by atoms with Crippen LogP contribution in [0.3, 0.4) is 0 Å². The number of piperidine rings is 1. The quantitative estimate of drug-likeness (QED) is 0.838. The molecular weight excluding hydrogens is 218 g/mol. The zero-order valence-electron chi connectivity index (χ0n) is 11.8. The fourth-order valence-electron chi connectivity index (χ4n) is 2.52. The van der Waals surface area contributed by atoms with Gasteiger partial charge >= 0.3 is 0 Å². The maximum atomic E-state index is 3.56. The summed E-state index contributed by atoms with van der Waals surface area (Å²) in [4.78, 5) is 0. The third-order valence-electron chi connectivity index (χ3n) is 3.82. The zero-order chi connectivity index (χ0) is 13.0. The van der Waals surface area contributed by atoms with Crippen LogP contribution in [0.1, 0.15) is 50.7 Å². The van der Waals surface area contributed by atoms with Gasteiger partial charge in [-0.2, -0.15) is 0 Å². The lowest BCUT2D eigenvalue weighted by Crippen LogP contribution is -2.35. The Balaban J connectivity index is 1.96. The van der Waals surface area contributed by atoms with Crippen LogP contribution in [0.4, 0.5) is 0 Å². The van der Waals surface area contributed by atoms with Gasteiger partial charge in [0.2, 0.25) is 0 Å². The molecule has 18 heavy (non-hydrogen) atoms. The Hall–Kier alpha value is -1.08. The van der Waals surface area contributed by atoms with Crippen molar-refractivity contribution in [2.45, 2.75) is 45.6 Å². The molecular formula is C17H25N. The largest absolute Gasteiger partial charge is 0.310 e. The van der Waals surface area contributed by atoms with Crippen molar-refractivity contribution < 1.29 is 0 Å². The van der Waals surface area contributed by atoms with Gasteiger partial charge in [0.25, 0.3) is 0 Å². The normalized spacial score (nSPS) is 24.9. The molecule has 1 heteroatoms. The monoisotopic (exact) mass is 243 g/mol. The highest BCUT2D eigenvalue weighted by Gasteiger charge is 2.15. The molecule has 1 N–H and O–H groups in total. The second-order valence-electron chi connectivity index (χ2n) is 5.87. The maximum absolute atomic E-state index is 3.56. The van der Waals surface area contributed by atoms with Gasteiger partial charge in [0.15, 0.2) is 0 Å². The van der Waals surface area contributed by atoms with Gasteiger partial charge in [0.1, 0.15) is 0 Å². The molecule has 2 unspecified atom stereocenters. The average molecular weight is 243 g/mol. The maximum Gasteiger partial charge on any atom is 0.0255 e. The molecule has 0 bridgehead atoms. The Bertz CT molecular complexity index is 389. The zero-order valence-corrected chi connectivity index (χ0v) is 11.8. The fourth-order valence-corrected chi connectivity index (χ4v) is 2.52. The van der Waals surface area contributed by atoms with Gasteiger partial charge in [-0.3, -0.25) is 0 Å². The first-order valence-electron chi connectivity index (χ1n) is 7.16. The van der Waals surface area contributed by atoms with Crippen LogP contribution in [0.2, 0.25) is 0 Å². The van der Waals surface area contributed by atoms with Crippen molar-refractivity contribution in [2.24, 2.45) is 5.92 Å². The molecule has 2 rings (SSSR count). The van der Waals surface area contributed by atoms with Crippen LogP contribution >= 0.6 is 0 Å². The van der Waals surface area contributed by atoms with E-state index >= 15 is 0 Å². The van der Waals surface area contributed by atoms with E-state index in [0.29, 0.717) is 12.0 Å². The van der Waals surface area contributed by atoms with E-state index in [1.807, 2.05) is 0 Å². The SMILES string of the molecule is CC1CCNC(/C=C/c2ccc(C(C)C)cc2)C1. The van der Waals surface area contributed by atoms with Crippen molar-refractivity contribution in [2.75, 3.05) is 6.54 Å². The minimum absolute atomic E-state index is 0.554. The Morgan fingerprint density at radius 1 is 1.22 bits per heavy atom. The average Bonchev–Trinajstić information content (AvgIpc) is 2.37. The Morgan fingerprint density at radius 2 is 1.94 bits per heavy atom. The lowest BCUT2D eigenvalue weighted by Gasteiger charge is -2.25. The van der Waals surface area contributed by atoms with E-state index in [2.05, 4.69) is 62.5 Å². The van der Waals surface area contributed by atoms with E-state index in [0.717, 1.165) is 12.5 Å². The molecule has 0 amide bonds. The molecule has 1 aromatic rings. The fraction of sp³-hybridized carbons (Fsp3) is 0.529. The molecule has 0 radical (unpaired) electrons. The molecule has 1 aliphatic rings. The number of hydrogen-bond acceptors (Lipinski definition) is 1. The lowest BCUT2D eigenvalue weighted by atomic mass is 9.93. The van der Waals surface area contributed by atoms with E-state index in [-0.39, 0.29) is 0 Å². The molecule has 0 aliphatic carbocycles. The van der Waals surface area contributed by atoms with Crippen molar-refractivity contribution in [3.8, 4) is 0 Å². The summed E-state index contributed by atoms with van der Waals surface area (Å²) in [7, 11) is 0. The molecule has 1 aliphatic heterocycles. The number of hydrogen-bond donors (Lipinski definition) is 1. The van der Waals surface area contributed by atoms with Gasteiger partial charge in [0, 0.05) is 6.04 Å². The van der Waals surface area contributed by atoms with E-state index in [4.69, 9.17) is 0 Å². The van der Waals surface area contributed by atoms with Gasteiger partial charge in [-0.1, -0.05) is 57.2 Å². The Labute approximate surface area is 111 Å². The molecule has 1 saturated heterocycles. The van der Waals surface area contributed by atoms with E-state index < -0.39 is 0 Å². The van der Waals surface area contributed by atoms with Crippen LogP contribution in [-0.4, -0.2) is 12.6 Å². The predicted octanol–water partition coefficient (Wildman–Crippen LogP) is 4.21. The van der Waals surface area contributed by atoms with Crippen molar-refractivity contribution in [3.05, 3.63) is 41.5 Å². The molecule has 0 saturated carbocycles. The van der Waals surface area contributed by atoms with Crippen LogP contribution < -0.4 is 5.32 Å². The highest BCUT2D eigenvalue weighted by molar-refractivity contribution is 5.50. The minimum atomic E-state index is 0.554. The van der Waals surface area contributed by atoms with E-state index in [1.54, 1.807) is 0 Å². The molecule has 2 atom stereocenters. The van der Waals surface area contributed by atoms with Gasteiger partial charge < -0.3 is 5.32 Å². The Kier molecular flexibility index (Phi) is 4.60. The molecule has 1 fully saturated rings. The summed E-state index contributed by atoms with van der Waals surface area (Å²) in [5, 5.41) is 3.56. The molecule has 1 aromatic carbocycles. The van der Waals surface area contributed by atoms with E-state index in [1.165, 1.54) is 24.0 Å². The van der Waals surface area contributed by atoms with Crippen LogP contribution in [-0.2, 0) is 0 Å². The first-order valence-corrected chi connectivity index (χ1v) is 7.16. The second-order valence-corrected chi connectivity index (χ2v) is 5.87. The van der Waals surface area contributed by atoms with Gasteiger partial charge in [-0.05, 0) is 42.3 Å². The molecule has 98 valence electrons. The number of benzene rings is 1. The number of nitrogens with one attached hydrogen (secondary N) is 1. The van der Waals surface area contributed by atoms with Crippen LogP contribution in [0.25, 0.3) is 6.08 Å². The second kappa shape index (κ2) is 6.19. The highest BCUT2D eigenvalue weighted by Crippen LogP contribution is 2.18. The van der Waals surface area contributed by atoms with Gasteiger partial charge in [-0.15, -0.1) is 0 Å². The summed E-state index contributed by atoms with van der Waals surface area (Å²) in [5.74, 6) is 1.47. The summed E-state index contributed by atoms with van der Waals surface area (Å²) in [6.07, 6.45) is 7.15. The molecule has 0 aromatic heterocycles. The minimum Gasteiger partial charge on any atom is -0.310 e. The highest BCUT2D eigenvalue weighted by atomic mass is 14.9. The molecule has 1 heterocycles. The topological polar surface area (TPSA) is 12.0 Å². The van der Waals surface area contributed by atoms with Crippen molar-refractivity contribution in [1.29, 1.82) is 0 Å². The van der Waals surface area contributed by atoms with Crippen molar-refractivity contribution >= 4 is 6.08 Å². The standard InChI is InChI=1S/C17H25N/c1-13(2)16-7-4-15(5-8-16)6-9-17-12-14(3)10-11-18-17/h4-9,13-14,17-18H,10-12H2,1-3H3/b9-6+. The van der Waals surface area contributed by atoms with Crippen molar-refractivity contribution in [3.63, 3.8) is 0 Å². The summed E-state index contributed by atoms with van der Waals surface area (Å²) >= 11 is 0. The molecule has 1 nitrogen and oxygen atoms in total. The Morgan fingerprint density at radius 3 is 2.56 bits per heavy atom. The van der Waals surface area contributed by atoms with E-state index in [9.17, 15) is 0 Å². The summed E-state index contributed by atoms with van der Waals surface area (Å²) in [6, 6.07) is 9.47. The van der Waals surface area contributed by atoms with Gasteiger partial charge in [0.05, 0.1) is 0 Å². The third-order valence-corrected chi connectivity index (χ3v) is 3.82. The first-order chi connectivity index (χ1) is 8.65. The van der Waals surface area contributed by atoms with Crippen LogP contribution in [0.5, 0.6) is 0 Å². The number of rotatable bonds is 3. The smallest absolute Gasteiger partial charge is 0.0255 e. The molecule has 0 spiro atoms.